The summed E-state index contributed by atoms with van der Waals surface area (Å²) in [6, 6.07) is 0. The van der Waals surface area contributed by atoms with Gasteiger partial charge in [-0.25, -0.2) is 0 Å². The van der Waals surface area contributed by atoms with E-state index in [0.29, 0.717) is 0 Å². The Morgan fingerprint density at radius 2 is 1.91 bits per heavy atom. The van der Waals surface area contributed by atoms with E-state index < -0.39 is 0 Å². The lowest BCUT2D eigenvalue weighted by atomic mass is 9.85. The van der Waals surface area contributed by atoms with E-state index in [2.05, 4.69) is 38.2 Å². The van der Waals surface area contributed by atoms with Crippen LogP contribution in [-0.2, 0) is 0 Å². The molecule has 1 N–H and O–H groups in total. The van der Waals surface area contributed by atoms with E-state index in [4.69, 9.17) is 0 Å². The van der Waals surface area contributed by atoms with Crippen LogP contribution in [0.3, 0.4) is 0 Å². The summed E-state index contributed by atoms with van der Waals surface area (Å²) in [7, 11) is 0. The second-order valence-electron chi connectivity index (χ2n) is 4.55. The summed E-state index contributed by atoms with van der Waals surface area (Å²) in [5, 5.41) is 4.32. The molecule has 2 heteroatoms. The fourth-order valence-electron chi connectivity index (χ4n) is 1.08. The average Bonchev–Trinajstić information content (AvgIpc) is 1.75. The Bertz CT molecular complexity index is 157. The van der Waals surface area contributed by atoms with Gasteiger partial charge < -0.3 is 5.43 Å². The van der Waals surface area contributed by atoms with Crippen LogP contribution in [0.25, 0.3) is 0 Å². The van der Waals surface area contributed by atoms with Gasteiger partial charge in [0.2, 0.25) is 0 Å². The first kappa shape index (κ1) is 8.57. The fraction of sp³-hybridized carbons (Fsp3) is 0.889. The lowest BCUT2D eigenvalue weighted by Gasteiger charge is -2.26. The fourth-order valence-corrected chi connectivity index (χ4v) is 1.08. The molecule has 0 aliphatic heterocycles. The summed E-state index contributed by atoms with van der Waals surface area (Å²) in [6.45, 7) is 8.63. The zero-order valence-electron chi connectivity index (χ0n) is 7.94. The molecule has 0 aromatic heterocycles. The Morgan fingerprint density at radius 1 is 1.36 bits per heavy atom. The first-order valence-electron chi connectivity index (χ1n) is 4.30. The maximum absolute atomic E-state index is 4.32. The lowest BCUT2D eigenvalue weighted by molar-refractivity contribution is 0.431. The van der Waals surface area contributed by atoms with Crippen LogP contribution in [0.1, 0.15) is 40.5 Å². The zero-order valence-corrected chi connectivity index (χ0v) is 7.94. The molecule has 0 saturated heterocycles. The number of hydrazone groups is 1. The molecule has 2 nitrogen and oxygen atoms in total. The van der Waals surface area contributed by atoms with Gasteiger partial charge in [0.05, 0.1) is 0 Å². The molecule has 0 radical (unpaired) electrons. The van der Waals surface area contributed by atoms with Crippen molar-refractivity contribution < 1.29 is 0 Å². The molecule has 0 bridgehead atoms. The monoisotopic (exact) mass is 154 g/mol. The van der Waals surface area contributed by atoms with Gasteiger partial charge in [0.1, 0.15) is 0 Å². The molecule has 0 aromatic carbocycles. The summed E-state index contributed by atoms with van der Waals surface area (Å²) in [4.78, 5) is 0. The Kier molecular flexibility index (Phi) is 2.21. The highest BCUT2D eigenvalue weighted by Crippen LogP contribution is 2.22. The topological polar surface area (TPSA) is 24.4 Å². The Morgan fingerprint density at radius 3 is 2.27 bits per heavy atom. The van der Waals surface area contributed by atoms with Gasteiger partial charge in [0.25, 0.3) is 0 Å². The van der Waals surface area contributed by atoms with Crippen LogP contribution in [0.4, 0.5) is 0 Å². The van der Waals surface area contributed by atoms with E-state index in [-0.39, 0.29) is 5.54 Å². The van der Waals surface area contributed by atoms with Gasteiger partial charge in [-0.2, -0.15) is 5.10 Å². The zero-order chi connectivity index (χ0) is 8.48. The van der Waals surface area contributed by atoms with Gasteiger partial charge in [0.15, 0.2) is 0 Å². The van der Waals surface area contributed by atoms with Crippen LogP contribution in [0, 0.1) is 5.92 Å². The minimum atomic E-state index is 0.117. The molecule has 64 valence electrons. The van der Waals surface area contributed by atoms with E-state index in [1.807, 2.05) is 0 Å². The molecule has 1 fully saturated rings. The third-order valence-electron chi connectivity index (χ3n) is 1.72. The number of rotatable bonds is 1. The molecule has 0 atom stereocenters. The molecule has 1 aliphatic rings. The van der Waals surface area contributed by atoms with E-state index >= 15 is 0 Å². The molecule has 1 rings (SSSR count). The van der Waals surface area contributed by atoms with Crippen LogP contribution in [-0.4, -0.2) is 11.3 Å². The summed E-state index contributed by atoms with van der Waals surface area (Å²) in [5.41, 5.74) is 4.58. The highest BCUT2D eigenvalue weighted by Gasteiger charge is 2.20. The number of hydrogen-bond acceptors (Lipinski definition) is 2. The van der Waals surface area contributed by atoms with Crippen molar-refractivity contribution in [2.24, 2.45) is 11.0 Å². The number of nitrogens with zero attached hydrogens (tertiary/aromatic N) is 1. The molecule has 0 amide bonds. The lowest BCUT2D eigenvalue weighted by Crippen LogP contribution is -2.34. The van der Waals surface area contributed by atoms with Crippen molar-refractivity contribution in [3.8, 4) is 0 Å². The second-order valence-corrected chi connectivity index (χ2v) is 4.55. The minimum Gasteiger partial charge on any atom is -0.305 e. The largest absolute Gasteiger partial charge is 0.305 e. The predicted molar refractivity (Wildman–Crippen MR) is 48.7 cm³/mol. The smallest absolute Gasteiger partial charge is 0.0464 e. The van der Waals surface area contributed by atoms with Gasteiger partial charge in [0, 0.05) is 11.3 Å². The molecule has 0 aromatic rings. The summed E-state index contributed by atoms with van der Waals surface area (Å²) < 4.78 is 0. The third kappa shape index (κ3) is 2.91. The second kappa shape index (κ2) is 2.84. The highest BCUT2D eigenvalue weighted by molar-refractivity contribution is 5.89. The summed E-state index contributed by atoms with van der Waals surface area (Å²) >= 11 is 0. The third-order valence-corrected chi connectivity index (χ3v) is 1.72. The van der Waals surface area contributed by atoms with Gasteiger partial charge >= 0.3 is 0 Å². The molecule has 1 aliphatic carbocycles. The number of hydrogen-bond donors (Lipinski definition) is 1. The van der Waals surface area contributed by atoms with E-state index in [1.165, 1.54) is 18.6 Å². The summed E-state index contributed by atoms with van der Waals surface area (Å²) in [6.07, 6.45) is 2.37. The van der Waals surface area contributed by atoms with Gasteiger partial charge in [-0.3, -0.25) is 0 Å². The van der Waals surface area contributed by atoms with Crippen LogP contribution in [0.5, 0.6) is 0 Å². The molecule has 0 heterocycles. The average molecular weight is 154 g/mol. The molecular formula is C9H18N2. The predicted octanol–water partition coefficient (Wildman–Crippen LogP) is 2.16. The molecule has 11 heavy (non-hydrogen) atoms. The molecular weight excluding hydrogens is 136 g/mol. The van der Waals surface area contributed by atoms with Crippen molar-refractivity contribution in [2.75, 3.05) is 0 Å². The molecule has 0 unspecified atom stereocenters. The van der Waals surface area contributed by atoms with E-state index in [0.717, 1.165) is 5.92 Å². The van der Waals surface area contributed by atoms with Crippen LogP contribution in [0.15, 0.2) is 5.10 Å². The van der Waals surface area contributed by atoms with Gasteiger partial charge in [-0.1, -0.05) is 6.92 Å². The van der Waals surface area contributed by atoms with Crippen molar-refractivity contribution in [2.45, 2.75) is 46.1 Å². The van der Waals surface area contributed by atoms with E-state index in [1.54, 1.807) is 0 Å². The van der Waals surface area contributed by atoms with Crippen LogP contribution < -0.4 is 5.43 Å². The Balaban J connectivity index is 2.27. The molecule has 0 spiro atoms. The quantitative estimate of drug-likeness (QED) is 0.575. The van der Waals surface area contributed by atoms with Crippen molar-refractivity contribution in [3.05, 3.63) is 0 Å². The van der Waals surface area contributed by atoms with Crippen molar-refractivity contribution in [3.63, 3.8) is 0 Å². The minimum absolute atomic E-state index is 0.117. The van der Waals surface area contributed by atoms with Gasteiger partial charge in [-0.05, 0) is 39.5 Å². The maximum atomic E-state index is 4.32. The number of nitrogens with one attached hydrogen (secondary N) is 1. The summed E-state index contributed by atoms with van der Waals surface area (Å²) in [5.74, 6) is 0.857. The van der Waals surface area contributed by atoms with Crippen LogP contribution in [0.2, 0.25) is 0 Å². The van der Waals surface area contributed by atoms with Crippen molar-refractivity contribution in [1.82, 2.24) is 5.43 Å². The van der Waals surface area contributed by atoms with Crippen molar-refractivity contribution in [1.29, 1.82) is 0 Å². The van der Waals surface area contributed by atoms with E-state index in [9.17, 15) is 0 Å². The maximum Gasteiger partial charge on any atom is 0.0464 e. The first-order chi connectivity index (χ1) is 4.97. The standard InChI is InChI=1S/C9H18N2/c1-7-5-8(6-7)10-11-9(2,3)4/h7,11H,5-6H2,1-4H3. The Hall–Kier alpha value is -0.530. The van der Waals surface area contributed by atoms with Crippen LogP contribution >= 0.6 is 0 Å². The van der Waals surface area contributed by atoms with Crippen molar-refractivity contribution >= 4 is 5.71 Å². The highest BCUT2D eigenvalue weighted by atomic mass is 15.3. The molecule has 1 saturated carbocycles. The first-order valence-corrected chi connectivity index (χ1v) is 4.30. The SMILES string of the molecule is CC1CC(=NNC(C)(C)C)C1. The Labute approximate surface area is 69.1 Å². The van der Waals surface area contributed by atoms with Gasteiger partial charge in [-0.15, -0.1) is 0 Å². The normalized spacial score (nSPS) is 24.4.